The van der Waals surface area contributed by atoms with Crippen molar-refractivity contribution in [1.29, 1.82) is 0 Å². The second kappa shape index (κ2) is 5.49. The van der Waals surface area contributed by atoms with Gasteiger partial charge in [0.15, 0.2) is 0 Å². The number of fused-ring (bicyclic) bond motifs is 1. The number of aromatic nitrogens is 2. The Kier molecular flexibility index (Phi) is 3.98. The Morgan fingerprint density at radius 3 is 3.06 bits per heavy atom. The van der Waals surface area contributed by atoms with Crippen LogP contribution >= 0.6 is 22.9 Å². The van der Waals surface area contributed by atoms with Crippen molar-refractivity contribution in [2.45, 2.75) is 6.92 Å². The highest BCUT2D eigenvalue weighted by atomic mass is 35.5. The molecule has 0 aliphatic rings. The van der Waals surface area contributed by atoms with E-state index in [1.165, 1.54) is 11.3 Å². The minimum Gasteiger partial charge on any atom is -0.465 e. The third-order valence-corrected chi connectivity index (χ3v) is 3.29. The highest BCUT2D eigenvalue weighted by Gasteiger charge is 2.14. The monoisotopic (exact) mass is 285 g/mol. The van der Waals surface area contributed by atoms with Gasteiger partial charge in [0.2, 0.25) is 5.28 Å². The Morgan fingerprint density at radius 1 is 1.56 bits per heavy atom. The summed E-state index contributed by atoms with van der Waals surface area (Å²) in [5.74, 6) is 0.345. The van der Waals surface area contributed by atoms with E-state index in [-0.39, 0.29) is 17.8 Å². The van der Waals surface area contributed by atoms with Crippen LogP contribution in [0.25, 0.3) is 10.2 Å². The van der Waals surface area contributed by atoms with Gasteiger partial charge in [-0.25, -0.2) is 4.98 Å². The lowest BCUT2D eigenvalue weighted by Gasteiger charge is -2.17. The van der Waals surface area contributed by atoms with Crippen molar-refractivity contribution in [3.05, 3.63) is 16.7 Å². The summed E-state index contributed by atoms with van der Waals surface area (Å²) in [5, 5.41) is 2.98. The molecule has 2 aromatic heterocycles. The normalized spacial score (nSPS) is 10.6. The Bertz CT molecular complexity index is 572. The molecule has 0 spiro atoms. The summed E-state index contributed by atoms with van der Waals surface area (Å²) >= 11 is 7.35. The van der Waals surface area contributed by atoms with Gasteiger partial charge in [-0.3, -0.25) is 4.79 Å². The van der Waals surface area contributed by atoms with Gasteiger partial charge in [0.25, 0.3) is 0 Å². The lowest BCUT2D eigenvalue weighted by molar-refractivity contribution is -0.141. The zero-order valence-electron chi connectivity index (χ0n) is 10.0. The maximum absolute atomic E-state index is 11.4. The van der Waals surface area contributed by atoms with E-state index in [0.717, 1.165) is 10.2 Å². The Labute approximate surface area is 113 Å². The number of nitrogens with zero attached hydrogens (tertiary/aromatic N) is 3. The third kappa shape index (κ3) is 2.70. The number of thiophene rings is 1. The number of anilines is 1. The second-order valence-corrected chi connectivity index (χ2v) is 4.85. The fourth-order valence-corrected chi connectivity index (χ4v) is 2.55. The molecule has 0 atom stereocenters. The molecular weight excluding hydrogens is 274 g/mol. The third-order valence-electron chi connectivity index (χ3n) is 2.31. The van der Waals surface area contributed by atoms with Gasteiger partial charge in [-0.2, -0.15) is 4.98 Å². The summed E-state index contributed by atoms with van der Waals surface area (Å²) in [7, 11) is 1.77. The van der Waals surface area contributed by atoms with Crippen LogP contribution in [0.5, 0.6) is 0 Å². The number of halogens is 1. The van der Waals surface area contributed by atoms with Gasteiger partial charge >= 0.3 is 5.97 Å². The van der Waals surface area contributed by atoms with Crippen LogP contribution in [0.15, 0.2) is 11.4 Å². The lowest BCUT2D eigenvalue weighted by Crippen LogP contribution is -2.28. The van der Waals surface area contributed by atoms with Crippen molar-refractivity contribution < 1.29 is 9.53 Å². The summed E-state index contributed by atoms with van der Waals surface area (Å²) in [4.78, 5) is 22.3. The largest absolute Gasteiger partial charge is 0.465 e. The number of hydrogen-bond donors (Lipinski definition) is 0. The first-order valence-corrected chi connectivity index (χ1v) is 6.65. The predicted octanol–water partition coefficient (Wildman–Crippen LogP) is 2.34. The number of esters is 1. The minimum atomic E-state index is -0.293. The molecule has 0 aromatic carbocycles. The first-order valence-electron chi connectivity index (χ1n) is 5.39. The average molecular weight is 286 g/mol. The molecule has 0 aliphatic carbocycles. The number of hydrogen-bond acceptors (Lipinski definition) is 6. The molecule has 5 nitrogen and oxygen atoms in total. The maximum atomic E-state index is 11.4. The lowest BCUT2D eigenvalue weighted by atomic mass is 10.3. The van der Waals surface area contributed by atoms with Crippen LogP contribution in [0.1, 0.15) is 6.92 Å². The number of likely N-dealkylation sites (N-methyl/N-ethyl adjacent to an activating group) is 1. The fraction of sp³-hybridized carbons (Fsp3) is 0.364. The smallest absolute Gasteiger partial charge is 0.325 e. The van der Waals surface area contributed by atoms with Crippen LogP contribution in [0.4, 0.5) is 5.82 Å². The van der Waals surface area contributed by atoms with E-state index in [9.17, 15) is 4.79 Å². The molecule has 0 saturated carbocycles. The zero-order valence-corrected chi connectivity index (χ0v) is 11.6. The molecule has 18 heavy (non-hydrogen) atoms. The van der Waals surface area contributed by atoms with Crippen LogP contribution in [-0.2, 0) is 9.53 Å². The summed E-state index contributed by atoms with van der Waals surface area (Å²) < 4.78 is 4.90. The number of carbonyl (C=O) groups is 1. The number of ether oxygens (including phenoxy) is 1. The summed E-state index contributed by atoms with van der Waals surface area (Å²) in [6, 6.07) is 1.91. The molecule has 0 aliphatic heterocycles. The fourth-order valence-electron chi connectivity index (χ4n) is 1.58. The first-order chi connectivity index (χ1) is 8.61. The van der Waals surface area contributed by atoms with Crippen molar-refractivity contribution in [1.82, 2.24) is 9.97 Å². The van der Waals surface area contributed by atoms with Gasteiger partial charge in [0.05, 0.1) is 12.0 Å². The summed E-state index contributed by atoms with van der Waals surface area (Å²) in [5.41, 5.74) is 0. The molecule has 0 bridgehead atoms. The number of rotatable bonds is 4. The van der Waals surface area contributed by atoms with Gasteiger partial charge in [0, 0.05) is 7.05 Å². The quantitative estimate of drug-likeness (QED) is 0.637. The molecule has 0 N–H and O–H groups in total. The van der Waals surface area contributed by atoms with Crippen molar-refractivity contribution in [2.24, 2.45) is 0 Å². The minimum absolute atomic E-state index is 0.131. The van der Waals surface area contributed by atoms with E-state index < -0.39 is 0 Å². The van der Waals surface area contributed by atoms with Crippen molar-refractivity contribution in [2.75, 3.05) is 25.1 Å². The first kappa shape index (κ1) is 13.0. The molecule has 2 aromatic rings. The topological polar surface area (TPSA) is 55.3 Å². The van der Waals surface area contributed by atoms with Crippen LogP contribution in [0.2, 0.25) is 5.28 Å². The van der Waals surface area contributed by atoms with Gasteiger partial charge in [-0.15, -0.1) is 11.3 Å². The molecule has 0 unspecified atom stereocenters. The maximum Gasteiger partial charge on any atom is 0.325 e. The SMILES string of the molecule is CCOC(=O)CN(C)c1nc(Cl)nc2sccc12. The van der Waals surface area contributed by atoms with Crippen LogP contribution < -0.4 is 4.90 Å². The number of carbonyl (C=O) groups excluding carboxylic acids is 1. The molecule has 0 radical (unpaired) electrons. The zero-order chi connectivity index (χ0) is 13.1. The van der Waals surface area contributed by atoms with Gasteiger partial charge in [-0.1, -0.05) is 0 Å². The van der Waals surface area contributed by atoms with Gasteiger partial charge in [0.1, 0.15) is 17.2 Å². The highest BCUT2D eigenvalue weighted by Crippen LogP contribution is 2.28. The Morgan fingerprint density at radius 2 is 2.33 bits per heavy atom. The molecule has 0 fully saturated rings. The Balaban J connectivity index is 2.29. The van der Waals surface area contributed by atoms with E-state index in [1.54, 1.807) is 18.9 Å². The molecule has 2 heterocycles. The van der Waals surface area contributed by atoms with Crippen molar-refractivity contribution in [3.8, 4) is 0 Å². The van der Waals surface area contributed by atoms with Crippen molar-refractivity contribution >= 4 is 44.9 Å². The highest BCUT2D eigenvalue weighted by molar-refractivity contribution is 7.16. The van der Waals surface area contributed by atoms with E-state index in [2.05, 4.69) is 9.97 Å². The molecule has 96 valence electrons. The van der Waals surface area contributed by atoms with Crippen LogP contribution in [0, 0.1) is 0 Å². The molecule has 0 saturated heterocycles. The Hall–Kier alpha value is -1.40. The van der Waals surface area contributed by atoms with Crippen LogP contribution in [-0.4, -0.2) is 36.1 Å². The van der Waals surface area contributed by atoms with Crippen LogP contribution in [0.3, 0.4) is 0 Å². The summed E-state index contributed by atoms with van der Waals surface area (Å²) in [6.07, 6.45) is 0. The summed E-state index contributed by atoms with van der Waals surface area (Å²) in [6.45, 7) is 2.27. The van der Waals surface area contributed by atoms with E-state index in [4.69, 9.17) is 16.3 Å². The van der Waals surface area contributed by atoms with E-state index in [0.29, 0.717) is 12.4 Å². The van der Waals surface area contributed by atoms with Crippen molar-refractivity contribution in [3.63, 3.8) is 0 Å². The standard InChI is InChI=1S/C11H12ClN3O2S/c1-3-17-8(16)6-15(2)9-7-4-5-18-10(7)14-11(12)13-9/h4-5H,3,6H2,1-2H3. The van der Waals surface area contributed by atoms with E-state index >= 15 is 0 Å². The molecule has 7 heteroatoms. The van der Waals surface area contributed by atoms with E-state index in [1.807, 2.05) is 11.4 Å². The average Bonchev–Trinajstić information content (AvgIpc) is 2.75. The predicted molar refractivity (Wildman–Crippen MR) is 72.3 cm³/mol. The molecule has 2 rings (SSSR count). The molecule has 0 amide bonds. The molecular formula is C11H12ClN3O2S. The second-order valence-electron chi connectivity index (χ2n) is 3.62. The van der Waals surface area contributed by atoms with Gasteiger partial charge in [-0.05, 0) is 30.0 Å². The van der Waals surface area contributed by atoms with Gasteiger partial charge < -0.3 is 9.64 Å².